The number of benzene rings is 2. The molecule has 0 aliphatic heterocycles. The van der Waals surface area contributed by atoms with E-state index >= 15 is 0 Å². The van der Waals surface area contributed by atoms with E-state index < -0.39 is 0 Å². The van der Waals surface area contributed by atoms with Gasteiger partial charge in [-0.15, -0.1) is 0 Å². The van der Waals surface area contributed by atoms with Crippen molar-refractivity contribution in [1.82, 2.24) is 0 Å². The minimum absolute atomic E-state index is 0. The SMILES string of the molecule is CN=Cc1cc(C=[N-])cc(OCc2ccccc2)c1.[K+]. The fraction of sp³-hybridized carbons (Fsp3) is 0.125. The zero-order chi connectivity index (χ0) is 13.5. The van der Waals surface area contributed by atoms with E-state index in [-0.39, 0.29) is 51.4 Å². The maximum atomic E-state index is 9.11. The first-order valence-corrected chi connectivity index (χ1v) is 6.03. The van der Waals surface area contributed by atoms with Crippen LogP contribution in [0.15, 0.2) is 53.5 Å². The van der Waals surface area contributed by atoms with Gasteiger partial charge in [-0.2, -0.15) is 6.21 Å². The first-order valence-electron chi connectivity index (χ1n) is 6.03. The zero-order valence-corrected chi connectivity index (χ0v) is 14.9. The number of ether oxygens (including phenoxy) is 1. The van der Waals surface area contributed by atoms with E-state index in [1.54, 1.807) is 19.3 Å². The molecule has 0 spiro atoms. The first-order chi connectivity index (χ1) is 9.31. The summed E-state index contributed by atoms with van der Waals surface area (Å²) in [5.74, 6) is 0.710. The molecule has 0 aliphatic carbocycles. The van der Waals surface area contributed by atoms with Crippen LogP contribution in [0.5, 0.6) is 5.75 Å². The average Bonchev–Trinajstić information content (AvgIpc) is 2.46. The molecule has 96 valence electrons. The Balaban J connectivity index is 0.00000200. The van der Waals surface area contributed by atoms with Gasteiger partial charge in [-0.05, 0) is 34.9 Å². The van der Waals surface area contributed by atoms with Crippen molar-refractivity contribution in [3.8, 4) is 5.75 Å². The van der Waals surface area contributed by atoms with Gasteiger partial charge in [0.2, 0.25) is 0 Å². The monoisotopic (exact) mass is 290 g/mol. The maximum Gasteiger partial charge on any atom is 1.00 e. The second kappa shape index (κ2) is 9.21. The van der Waals surface area contributed by atoms with Gasteiger partial charge in [-0.1, -0.05) is 30.3 Å². The molecule has 0 saturated carbocycles. The minimum atomic E-state index is 0. The van der Waals surface area contributed by atoms with E-state index in [1.165, 1.54) is 0 Å². The van der Waals surface area contributed by atoms with Crippen LogP contribution in [0.4, 0.5) is 0 Å². The molecule has 0 amide bonds. The van der Waals surface area contributed by atoms with Crippen LogP contribution < -0.4 is 56.1 Å². The van der Waals surface area contributed by atoms with Gasteiger partial charge < -0.3 is 10.1 Å². The van der Waals surface area contributed by atoms with Crippen molar-refractivity contribution in [3.05, 3.63) is 70.6 Å². The molecule has 2 rings (SSSR count). The van der Waals surface area contributed by atoms with Gasteiger partial charge in [0.05, 0.1) is 0 Å². The van der Waals surface area contributed by atoms with Crippen LogP contribution in [0.3, 0.4) is 0 Å². The Morgan fingerprint density at radius 3 is 2.45 bits per heavy atom. The number of rotatable bonds is 5. The molecule has 0 atom stereocenters. The largest absolute Gasteiger partial charge is 1.00 e. The molecule has 0 unspecified atom stereocenters. The number of hydrogen-bond acceptors (Lipinski definition) is 2. The standard InChI is InChI=1S/C16H15N2O.K/c1-18-11-15-7-14(10-17)8-16(9-15)19-12-13-5-3-2-4-6-13;/h2-11H,12H2,1H3;/q-1;+1. The van der Waals surface area contributed by atoms with Crippen LogP contribution in [0.2, 0.25) is 0 Å². The molecule has 0 N–H and O–H groups in total. The fourth-order valence-electron chi connectivity index (χ4n) is 1.77. The third-order valence-corrected chi connectivity index (χ3v) is 2.63. The maximum absolute atomic E-state index is 9.11. The molecular formula is C16H15KN2O. The van der Waals surface area contributed by atoms with E-state index in [1.807, 2.05) is 42.5 Å². The number of aliphatic imine (C=N–C) groups is 1. The topological polar surface area (TPSA) is 43.9 Å². The molecule has 2 aromatic carbocycles. The first kappa shape index (κ1) is 17.3. The van der Waals surface area contributed by atoms with Crippen LogP contribution >= 0.6 is 0 Å². The van der Waals surface area contributed by atoms with Crippen molar-refractivity contribution in [2.24, 2.45) is 4.99 Å². The summed E-state index contributed by atoms with van der Waals surface area (Å²) < 4.78 is 5.73. The summed E-state index contributed by atoms with van der Waals surface area (Å²) in [4.78, 5) is 3.96. The molecular weight excluding hydrogens is 275 g/mol. The normalized spacial score (nSPS) is 10.1. The molecule has 0 bridgehead atoms. The summed E-state index contributed by atoms with van der Waals surface area (Å²) in [6.45, 7) is 0.498. The van der Waals surface area contributed by atoms with E-state index in [2.05, 4.69) is 4.99 Å². The van der Waals surface area contributed by atoms with E-state index in [0.717, 1.165) is 17.3 Å². The van der Waals surface area contributed by atoms with Gasteiger partial charge in [0.1, 0.15) is 12.4 Å². The van der Waals surface area contributed by atoms with Crippen molar-refractivity contribution in [2.45, 2.75) is 6.61 Å². The number of nitrogens with zero attached hydrogens (tertiary/aromatic N) is 2. The molecule has 0 saturated heterocycles. The summed E-state index contributed by atoms with van der Waals surface area (Å²) in [5.41, 5.74) is 2.69. The Bertz CT molecular complexity index is 582. The zero-order valence-electron chi connectivity index (χ0n) is 11.8. The Morgan fingerprint density at radius 2 is 1.80 bits per heavy atom. The second-order valence-corrected chi connectivity index (χ2v) is 4.13. The van der Waals surface area contributed by atoms with Crippen molar-refractivity contribution < 1.29 is 56.1 Å². The third kappa shape index (κ3) is 5.30. The van der Waals surface area contributed by atoms with Crippen molar-refractivity contribution >= 4 is 12.4 Å². The van der Waals surface area contributed by atoms with Gasteiger partial charge in [-0.25, -0.2) is 0 Å². The predicted molar refractivity (Wildman–Crippen MR) is 79.3 cm³/mol. The van der Waals surface area contributed by atoms with E-state index in [0.29, 0.717) is 17.9 Å². The Hall–Kier alpha value is -0.784. The summed E-state index contributed by atoms with van der Waals surface area (Å²) in [6, 6.07) is 15.5. The van der Waals surface area contributed by atoms with Gasteiger partial charge in [0.25, 0.3) is 0 Å². The predicted octanol–water partition coefficient (Wildman–Crippen LogP) is 0.307. The molecule has 20 heavy (non-hydrogen) atoms. The van der Waals surface area contributed by atoms with Gasteiger partial charge in [0, 0.05) is 13.3 Å². The quantitative estimate of drug-likeness (QED) is 0.577. The van der Waals surface area contributed by atoms with Crippen molar-refractivity contribution in [2.75, 3.05) is 7.05 Å². The molecule has 0 aromatic heterocycles. The van der Waals surface area contributed by atoms with Crippen LogP contribution in [-0.2, 0) is 6.61 Å². The summed E-state index contributed by atoms with van der Waals surface area (Å²) in [6.07, 6.45) is 2.78. The van der Waals surface area contributed by atoms with Gasteiger partial charge in [-0.3, -0.25) is 4.99 Å². The smallest absolute Gasteiger partial charge is 0.810 e. The molecule has 2 aromatic rings. The summed E-state index contributed by atoms with van der Waals surface area (Å²) in [5, 5.41) is 9.11. The number of hydrogen-bond donors (Lipinski definition) is 0. The summed E-state index contributed by atoms with van der Waals surface area (Å²) >= 11 is 0. The van der Waals surface area contributed by atoms with Crippen LogP contribution in [0.1, 0.15) is 16.7 Å². The third-order valence-electron chi connectivity index (χ3n) is 2.63. The average molecular weight is 290 g/mol. The van der Waals surface area contributed by atoms with E-state index in [9.17, 15) is 0 Å². The van der Waals surface area contributed by atoms with Crippen LogP contribution in [-0.4, -0.2) is 19.5 Å². The minimum Gasteiger partial charge on any atom is -0.810 e. The Labute approximate surface area is 162 Å². The van der Waals surface area contributed by atoms with Crippen molar-refractivity contribution in [3.63, 3.8) is 0 Å². The van der Waals surface area contributed by atoms with Crippen LogP contribution in [0, 0.1) is 0 Å². The molecule has 0 heterocycles. The molecule has 0 radical (unpaired) electrons. The molecule has 0 fully saturated rings. The molecule has 0 aliphatic rings. The Morgan fingerprint density at radius 1 is 1.10 bits per heavy atom. The van der Waals surface area contributed by atoms with Crippen LogP contribution in [0.25, 0.3) is 5.41 Å². The Kier molecular flexibility index (Phi) is 7.95. The summed E-state index contributed by atoms with van der Waals surface area (Å²) in [7, 11) is 1.71. The second-order valence-electron chi connectivity index (χ2n) is 4.13. The van der Waals surface area contributed by atoms with Gasteiger partial charge >= 0.3 is 51.4 Å². The molecule has 3 nitrogen and oxygen atoms in total. The van der Waals surface area contributed by atoms with Gasteiger partial charge in [0.15, 0.2) is 0 Å². The van der Waals surface area contributed by atoms with Crippen molar-refractivity contribution in [1.29, 1.82) is 0 Å². The van der Waals surface area contributed by atoms with E-state index in [4.69, 9.17) is 10.1 Å². The molecule has 4 heteroatoms. The fourth-order valence-corrected chi connectivity index (χ4v) is 1.77.